The average molecular weight is 229 g/mol. The summed E-state index contributed by atoms with van der Waals surface area (Å²) in [5.41, 5.74) is 5.38. The van der Waals surface area contributed by atoms with Crippen molar-refractivity contribution in [2.24, 2.45) is 5.73 Å². The number of hydrogen-bond donors (Lipinski definition) is 2. The normalized spacial score (nSPS) is 19.8. The lowest BCUT2D eigenvalue weighted by Crippen LogP contribution is -2.38. The van der Waals surface area contributed by atoms with Crippen LogP contribution in [-0.2, 0) is 9.53 Å². The fourth-order valence-electron chi connectivity index (χ4n) is 1.46. The molecule has 2 amide bonds. The maximum atomic E-state index is 11.4. The molecule has 1 atom stereocenters. The molecule has 1 aliphatic rings. The summed E-state index contributed by atoms with van der Waals surface area (Å²) >= 11 is 0. The first-order valence-corrected chi connectivity index (χ1v) is 5.59. The minimum Gasteiger partial charge on any atom is -0.443 e. The number of carbonyl (C=O) groups excluding carboxylic acids is 2. The van der Waals surface area contributed by atoms with Gasteiger partial charge in [-0.25, -0.2) is 4.79 Å². The topological polar surface area (TPSA) is 84.7 Å². The molecule has 0 spiro atoms. The lowest BCUT2D eigenvalue weighted by molar-refractivity contribution is -0.121. The first kappa shape index (κ1) is 12.8. The molecule has 0 aromatic rings. The summed E-state index contributed by atoms with van der Waals surface area (Å²) in [6.07, 6.45) is 1.24. The van der Waals surface area contributed by atoms with Crippen molar-refractivity contribution in [3.05, 3.63) is 0 Å². The Hall–Kier alpha value is -1.30. The number of hydrogen-bond acceptors (Lipinski definition) is 4. The summed E-state index contributed by atoms with van der Waals surface area (Å²) in [6.45, 7) is 3.45. The molecule has 92 valence electrons. The number of carbonyl (C=O) groups is 2. The third-order valence-electron chi connectivity index (χ3n) is 2.40. The number of ether oxygens (including phenoxy) is 1. The third-order valence-corrected chi connectivity index (χ3v) is 2.40. The van der Waals surface area contributed by atoms with Gasteiger partial charge in [-0.3, -0.25) is 9.69 Å². The molecule has 1 saturated heterocycles. The zero-order valence-electron chi connectivity index (χ0n) is 9.57. The van der Waals surface area contributed by atoms with Crippen LogP contribution in [-0.4, -0.2) is 49.2 Å². The van der Waals surface area contributed by atoms with E-state index in [4.69, 9.17) is 10.5 Å². The predicted octanol–water partition coefficient (Wildman–Crippen LogP) is -0.318. The van der Waals surface area contributed by atoms with E-state index >= 15 is 0 Å². The molecule has 1 heterocycles. The van der Waals surface area contributed by atoms with Gasteiger partial charge in [-0.05, 0) is 6.42 Å². The molecule has 16 heavy (non-hydrogen) atoms. The van der Waals surface area contributed by atoms with Crippen molar-refractivity contribution in [2.45, 2.75) is 25.9 Å². The average Bonchev–Trinajstić information content (AvgIpc) is 2.60. The predicted molar refractivity (Wildman–Crippen MR) is 58.8 cm³/mol. The second-order valence-corrected chi connectivity index (χ2v) is 3.83. The Balaban J connectivity index is 2.26. The van der Waals surface area contributed by atoms with E-state index in [0.717, 1.165) is 12.8 Å². The van der Waals surface area contributed by atoms with Gasteiger partial charge in [0.25, 0.3) is 0 Å². The highest BCUT2D eigenvalue weighted by Gasteiger charge is 2.31. The molecule has 0 radical (unpaired) electrons. The van der Waals surface area contributed by atoms with Gasteiger partial charge in [-0.1, -0.05) is 13.3 Å². The highest BCUT2D eigenvalue weighted by molar-refractivity contribution is 5.82. The van der Waals surface area contributed by atoms with E-state index in [1.54, 1.807) is 0 Å². The molecular formula is C10H19N3O3. The summed E-state index contributed by atoms with van der Waals surface area (Å²) in [5, 5.41) is 2.74. The molecule has 3 N–H and O–H groups in total. The van der Waals surface area contributed by atoms with Crippen LogP contribution >= 0.6 is 0 Å². The van der Waals surface area contributed by atoms with E-state index in [0.29, 0.717) is 19.6 Å². The quantitative estimate of drug-likeness (QED) is 0.611. The molecule has 0 aromatic carbocycles. The molecule has 6 heteroatoms. The Morgan fingerprint density at radius 2 is 2.44 bits per heavy atom. The van der Waals surface area contributed by atoms with E-state index < -0.39 is 6.09 Å². The highest BCUT2D eigenvalue weighted by Crippen LogP contribution is 2.09. The number of nitrogens with zero attached hydrogens (tertiary/aromatic N) is 1. The maximum Gasteiger partial charge on any atom is 0.410 e. The lowest BCUT2D eigenvalue weighted by atomic mass is 10.3. The van der Waals surface area contributed by atoms with Gasteiger partial charge >= 0.3 is 6.09 Å². The van der Waals surface area contributed by atoms with Gasteiger partial charge in [-0.2, -0.15) is 0 Å². The van der Waals surface area contributed by atoms with Gasteiger partial charge in [0.2, 0.25) is 5.91 Å². The van der Waals surface area contributed by atoms with Crippen molar-refractivity contribution in [3.63, 3.8) is 0 Å². The Bertz CT molecular complexity index is 258. The van der Waals surface area contributed by atoms with Crippen LogP contribution in [0, 0.1) is 0 Å². The summed E-state index contributed by atoms with van der Waals surface area (Å²) in [7, 11) is 0. The van der Waals surface area contributed by atoms with Crippen LogP contribution in [0.5, 0.6) is 0 Å². The molecule has 1 rings (SSSR count). The van der Waals surface area contributed by atoms with E-state index in [-0.39, 0.29) is 18.6 Å². The summed E-state index contributed by atoms with van der Waals surface area (Å²) in [5.74, 6) is -0.150. The standard InChI is InChI=1S/C10H19N3O3/c1-2-3-4-12-9(14)7-13-6-8(5-11)16-10(13)15/h8H,2-7,11H2,1H3,(H,12,14). The Labute approximate surface area is 95.1 Å². The smallest absolute Gasteiger partial charge is 0.410 e. The number of amides is 2. The van der Waals surface area contributed by atoms with E-state index in [9.17, 15) is 9.59 Å². The van der Waals surface area contributed by atoms with Crippen molar-refractivity contribution in [2.75, 3.05) is 26.2 Å². The molecular weight excluding hydrogens is 210 g/mol. The van der Waals surface area contributed by atoms with Gasteiger partial charge in [0, 0.05) is 13.1 Å². The van der Waals surface area contributed by atoms with E-state index in [1.807, 2.05) is 0 Å². The van der Waals surface area contributed by atoms with E-state index in [1.165, 1.54) is 4.90 Å². The SMILES string of the molecule is CCCCNC(=O)CN1CC(CN)OC1=O. The minimum atomic E-state index is -0.457. The van der Waals surface area contributed by atoms with Crippen LogP contribution in [0.2, 0.25) is 0 Å². The van der Waals surface area contributed by atoms with Crippen LogP contribution in [0.4, 0.5) is 4.79 Å². The molecule has 1 unspecified atom stereocenters. The van der Waals surface area contributed by atoms with Crippen molar-refractivity contribution in [3.8, 4) is 0 Å². The summed E-state index contributed by atoms with van der Waals surface area (Å²) < 4.78 is 4.93. The summed E-state index contributed by atoms with van der Waals surface area (Å²) in [4.78, 5) is 24.1. The van der Waals surface area contributed by atoms with Crippen LogP contribution in [0.1, 0.15) is 19.8 Å². The Kier molecular flexibility index (Phi) is 5.04. The van der Waals surface area contributed by atoms with Crippen molar-refractivity contribution >= 4 is 12.0 Å². The zero-order valence-corrected chi connectivity index (χ0v) is 9.57. The third kappa shape index (κ3) is 3.69. The molecule has 1 aliphatic heterocycles. The van der Waals surface area contributed by atoms with Gasteiger partial charge in [0.05, 0.1) is 6.54 Å². The molecule has 6 nitrogen and oxygen atoms in total. The van der Waals surface area contributed by atoms with Crippen LogP contribution in [0.25, 0.3) is 0 Å². The highest BCUT2D eigenvalue weighted by atomic mass is 16.6. The lowest BCUT2D eigenvalue weighted by Gasteiger charge is -2.12. The van der Waals surface area contributed by atoms with Crippen molar-refractivity contribution < 1.29 is 14.3 Å². The van der Waals surface area contributed by atoms with Crippen LogP contribution in [0.15, 0.2) is 0 Å². The van der Waals surface area contributed by atoms with E-state index in [2.05, 4.69) is 12.2 Å². The Morgan fingerprint density at radius 3 is 3.00 bits per heavy atom. The fraction of sp³-hybridized carbons (Fsp3) is 0.800. The van der Waals surface area contributed by atoms with Crippen LogP contribution < -0.4 is 11.1 Å². The van der Waals surface area contributed by atoms with Gasteiger partial charge < -0.3 is 15.8 Å². The van der Waals surface area contributed by atoms with Crippen molar-refractivity contribution in [1.82, 2.24) is 10.2 Å². The number of cyclic esters (lactones) is 1. The van der Waals surface area contributed by atoms with Gasteiger partial charge in [0.1, 0.15) is 12.6 Å². The molecule has 0 aliphatic carbocycles. The second-order valence-electron chi connectivity index (χ2n) is 3.83. The van der Waals surface area contributed by atoms with Gasteiger partial charge in [-0.15, -0.1) is 0 Å². The zero-order chi connectivity index (χ0) is 12.0. The van der Waals surface area contributed by atoms with Gasteiger partial charge in [0.15, 0.2) is 0 Å². The molecule has 0 bridgehead atoms. The first-order chi connectivity index (χ1) is 7.67. The summed E-state index contributed by atoms with van der Waals surface area (Å²) in [6, 6.07) is 0. The monoisotopic (exact) mass is 229 g/mol. The fourth-order valence-corrected chi connectivity index (χ4v) is 1.46. The number of nitrogens with one attached hydrogen (secondary N) is 1. The van der Waals surface area contributed by atoms with Crippen LogP contribution in [0.3, 0.4) is 0 Å². The molecule has 0 saturated carbocycles. The second kappa shape index (κ2) is 6.32. The number of unbranched alkanes of at least 4 members (excludes halogenated alkanes) is 1. The Morgan fingerprint density at radius 1 is 1.69 bits per heavy atom. The number of nitrogens with two attached hydrogens (primary N) is 1. The number of rotatable bonds is 6. The van der Waals surface area contributed by atoms with Crippen molar-refractivity contribution in [1.29, 1.82) is 0 Å². The maximum absolute atomic E-state index is 11.4. The molecule has 1 fully saturated rings. The largest absolute Gasteiger partial charge is 0.443 e. The first-order valence-electron chi connectivity index (χ1n) is 5.59. The molecule has 0 aromatic heterocycles. The minimum absolute atomic E-state index is 0.0546.